The smallest absolute Gasteiger partial charge is 0.241 e. The molecular formula is C30H33N7O2S2. The number of aromatic nitrogens is 2. The second-order valence-electron chi connectivity index (χ2n) is 10.1. The molecule has 11 heteroatoms. The van der Waals surface area contributed by atoms with Crippen LogP contribution in [0.25, 0.3) is 21.0 Å². The lowest BCUT2D eigenvalue weighted by Crippen LogP contribution is -2.44. The van der Waals surface area contributed by atoms with E-state index in [4.69, 9.17) is 4.98 Å². The van der Waals surface area contributed by atoms with Crippen LogP contribution in [0.1, 0.15) is 6.42 Å². The van der Waals surface area contributed by atoms with Gasteiger partial charge in [0.15, 0.2) is 0 Å². The fraction of sp³-hybridized carbons (Fsp3) is 0.267. The van der Waals surface area contributed by atoms with Gasteiger partial charge < -0.3 is 20.4 Å². The van der Waals surface area contributed by atoms with Gasteiger partial charge in [-0.15, -0.1) is 11.3 Å². The molecule has 0 amide bonds. The minimum absolute atomic E-state index is 0.298. The Morgan fingerprint density at radius 2 is 1.66 bits per heavy atom. The van der Waals surface area contributed by atoms with Crippen LogP contribution in [0, 0.1) is 0 Å². The summed E-state index contributed by atoms with van der Waals surface area (Å²) in [7, 11) is -1.47. The van der Waals surface area contributed by atoms with E-state index in [1.807, 2.05) is 41.8 Å². The monoisotopic (exact) mass is 587 g/mol. The number of likely N-dealkylation sites (N-methyl/N-ethyl adjacent to an activating group) is 1. The van der Waals surface area contributed by atoms with E-state index in [0.29, 0.717) is 30.4 Å². The Kier molecular flexibility index (Phi) is 8.02. The summed E-state index contributed by atoms with van der Waals surface area (Å²) in [6, 6.07) is 23.2. The average molecular weight is 588 g/mol. The zero-order valence-electron chi connectivity index (χ0n) is 22.9. The molecule has 1 fully saturated rings. The highest BCUT2D eigenvalue weighted by Crippen LogP contribution is 2.29. The van der Waals surface area contributed by atoms with Crippen molar-refractivity contribution in [3.63, 3.8) is 0 Å². The summed E-state index contributed by atoms with van der Waals surface area (Å²) in [6.45, 7) is 5.06. The Labute approximate surface area is 244 Å². The Morgan fingerprint density at radius 1 is 0.878 bits per heavy atom. The minimum atomic E-state index is -3.63. The molecule has 6 rings (SSSR count). The van der Waals surface area contributed by atoms with Gasteiger partial charge in [-0.3, -0.25) is 0 Å². The first-order valence-corrected chi connectivity index (χ1v) is 16.1. The zero-order valence-corrected chi connectivity index (χ0v) is 24.5. The van der Waals surface area contributed by atoms with E-state index >= 15 is 0 Å². The summed E-state index contributed by atoms with van der Waals surface area (Å²) in [5.74, 6) is 1.25. The largest absolute Gasteiger partial charge is 0.369 e. The van der Waals surface area contributed by atoms with Crippen molar-refractivity contribution in [2.45, 2.75) is 11.3 Å². The first-order valence-electron chi connectivity index (χ1n) is 13.7. The summed E-state index contributed by atoms with van der Waals surface area (Å²) in [6.07, 6.45) is 0.595. The highest BCUT2D eigenvalue weighted by molar-refractivity contribution is 7.89. The normalized spacial score (nSPS) is 14.5. The second kappa shape index (κ2) is 12.0. The van der Waals surface area contributed by atoms with Crippen molar-refractivity contribution < 1.29 is 8.42 Å². The van der Waals surface area contributed by atoms with Gasteiger partial charge in [-0.05, 0) is 60.6 Å². The van der Waals surface area contributed by atoms with Gasteiger partial charge in [0.1, 0.15) is 5.82 Å². The molecule has 1 aliphatic heterocycles. The first kappa shape index (κ1) is 27.4. The maximum atomic E-state index is 13.0. The number of rotatable bonds is 10. The van der Waals surface area contributed by atoms with Crippen LogP contribution in [-0.2, 0) is 10.0 Å². The molecule has 9 nitrogen and oxygen atoms in total. The Hall–Kier alpha value is -3.77. The molecule has 3 N–H and O–H groups in total. The molecule has 3 heterocycles. The topological polar surface area (TPSA) is 102 Å². The van der Waals surface area contributed by atoms with Gasteiger partial charge in [-0.1, -0.05) is 36.4 Å². The van der Waals surface area contributed by atoms with Gasteiger partial charge in [0.2, 0.25) is 16.0 Å². The summed E-state index contributed by atoms with van der Waals surface area (Å²) in [5, 5.41) is 10.3. The average Bonchev–Trinajstić information content (AvgIpc) is 3.46. The number of benzene rings is 3. The van der Waals surface area contributed by atoms with Crippen LogP contribution in [0.15, 0.2) is 83.1 Å². The van der Waals surface area contributed by atoms with E-state index in [1.54, 1.807) is 23.5 Å². The van der Waals surface area contributed by atoms with Crippen LogP contribution in [-0.4, -0.2) is 69.6 Å². The molecule has 2 aromatic heterocycles. The summed E-state index contributed by atoms with van der Waals surface area (Å²) in [4.78, 5) is 14.5. The predicted octanol–water partition coefficient (Wildman–Crippen LogP) is 5.12. The molecule has 0 bridgehead atoms. The van der Waals surface area contributed by atoms with Crippen LogP contribution in [0.4, 0.5) is 23.1 Å². The van der Waals surface area contributed by atoms with Gasteiger partial charge >= 0.3 is 0 Å². The molecule has 0 atom stereocenters. The summed E-state index contributed by atoms with van der Waals surface area (Å²) >= 11 is 1.58. The van der Waals surface area contributed by atoms with Crippen molar-refractivity contribution >= 4 is 65.5 Å². The third-order valence-electron chi connectivity index (χ3n) is 7.27. The molecule has 0 unspecified atom stereocenters. The van der Waals surface area contributed by atoms with Crippen molar-refractivity contribution in [1.82, 2.24) is 19.6 Å². The fourth-order valence-corrected chi connectivity index (χ4v) is 7.10. The molecule has 0 spiro atoms. The third kappa shape index (κ3) is 6.28. The standard InChI is InChI=1S/C30H33N7O2S2/c1-36-17-19-37(20-18-36)24-12-10-23(11-13-24)33-30-34-26-14-21-40-28(26)29(35-30)31-15-5-16-32-41(38,39)27-9-4-7-22-6-2-3-8-25(22)27/h2-4,6-14,21,32H,5,15-20H2,1H3,(H2,31,33,34,35). The van der Waals surface area contributed by atoms with E-state index in [9.17, 15) is 8.42 Å². The van der Waals surface area contributed by atoms with Crippen molar-refractivity contribution in [1.29, 1.82) is 0 Å². The number of anilines is 4. The van der Waals surface area contributed by atoms with Gasteiger partial charge in [-0.2, -0.15) is 4.98 Å². The number of thiophene rings is 1. The number of hydrogen-bond acceptors (Lipinski definition) is 9. The number of fused-ring (bicyclic) bond motifs is 2. The van der Waals surface area contributed by atoms with E-state index in [1.165, 1.54) is 5.69 Å². The van der Waals surface area contributed by atoms with Crippen LogP contribution in [0.5, 0.6) is 0 Å². The van der Waals surface area contributed by atoms with Gasteiger partial charge in [-0.25, -0.2) is 18.1 Å². The molecule has 1 aliphatic rings. The molecule has 0 aliphatic carbocycles. The Morgan fingerprint density at radius 3 is 2.49 bits per heavy atom. The number of piperazine rings is 1. The molecular weight excluding hydrogens is 555 g/mol. The van der Waals surface area contributed by atoms with Crippen LogP contribution in [0.2, 0.25) is 0 Å². The quantitative estimate of drug-likeness (QED) is 0.194. The zero-order chi connectivity index (χ0) is 28.2. The van der Waals surface area contributed by atoms with E-state index < -0.39 is 10.0 Å². The van der Waals surface area contributed by atoms with E-state index in [0.717, 1.165) is 58.7 Å². The van der Waals surface area contributed by atoms with Crippen LogP contribution < -0.4 is 20.3 Å². The number of nitrogens with one attached hydrogen (secondary N) is 3. The lowest BCUT2D eigenvalue weighted by Gasteiger charge is -2.34. The SMILES string of the molecule is CN1CCN(c2ccc(Nc3nc(NCCCNS(=O)(=O)c4cccc5ccccc45)c4sccc4n3)cc2)CC1. The third-order valence-corrected chi connectivity index (χ3v) is 9.70. The fourth-order valence-electron chi connectivity index (χ4n) is 5.00. The van der Waals surface area contributed by atoms with Crippen LogP contribution in [0.3, 0.4) is 0 Å². The molecule has 3 aromatic carbocycles. The Bertz CT molecular complexity index is 1740. The lowest BCUT2D eigenvalue weighted by atomic mass is 10.1. The predicted molar refractivity (Wildman–Crippen MR) is 169 cm³/mol. The Balaban J connectivity index is 1.07. The molecule has 41 heavy (non-hydrogen) atoms. The minimum Gasteiger partial charge on any atom is -0.369 e. The van der Waals surface area contributed by atoms with Gasteiger partial charge in [0, 0.05) is 56.0 Å². The van der Waals surface area contributed by atoms with Crippen molar-refractivity contribution in [2.24, 2.45) is 0 Å². The number of sulfonamides is 1. The van der Waals surface area contributed by atoms with E-state index in [-0.39, 0.29) is 0 Å². The summed E-state index contributed by atoms with van der Waals surface area (Å²) in [5.41, 5.74) is 3.00. The van der Waals surface area contributed by atoms with E-state index in [2.05, 4.69) is 61.5 Å². The van der Waals surface area contributed by atoms with Crippen molar-refractivity contribution in [3.05, 3.63) is 78.2 Å². The lowest BCUT2D eigenvalue weighted by molar-refractivity contribution is 0.313. The maximum absolute atomic E-state index is 13.0. The molecule has 212 valence electrons. The van der Waals surface area contributed by atoms with Crippen molar-refractivity contribution in [3.8, 4) is 0 Å². The first-order chi connectivity index (χ1) is 20.0. The summed E-state index contributed by atoms with van der Waals surface area (Å²) < 4.78 is 29.7. The number of hydrogen-bond donors (Lipinski definition) is 3. The molecule has 5 aromatic rings. The second-order valence-corrected chi connectivity index (χ2v) is 12.8. The van der Waals surface area contributed by atoms with Gasteiger partial charge in [0.05, 0.1) is 15.1 Å². The van der Waals surface area contributed by atoms with Gasteiger partial charge in [0.25, 0.3) is 0 Å². The van der Waals surface area contributed by atoms with Crippen LogP contribution >= 0.6 is 11.3 Å². The molecule has 1 saturated heterocycles. The maximum Gasteiger partial charge on any atom is 0.241 e. The number of nitrogens with zero attached hydrogens (tertiary/aromatic N) is 4. The highest BCUT2D eigenvalue weighted by Gasteiger charge is 2.17. The molecule has 0 saturated carbocycles. The van der Waals surface area contributed by atoms with Crippen molar-refractivity contribution in [2.75, 3.05) is 61.8 Å². The molecule has 0 radical (unpaired) electrons. The highest BCUT2D eigenvalue weighted by atomic mass is 32.2.